The topological polar surface area (TPSA) is 54.0 Å². The van der Waals surface area contributed by atoms with Gasteiger partial charge in [-0.2, -0.15) is 0 Å². The predicted octanol–water partition coefficient (Wildman–Crippen LogP) is 2.04. The van der Waals surface area contributed by atoms with Crippen LogP contribution in [0.4, 0.5) is 5.82 Å². The van der Waals surface area contributed by atoms with Crippen LogP contribution < -0.4 is 10.6 Å². The molecule has 1 aromatic rings. The molecule has 92 valence electrons. The third-order valence-corrected chi connectivity index (χ3v) is 3.32. The van der Waals surface area contributed by atoms with Gasteiger partial charge in [-0.1, -0.05) is 0 Å². The van der Waals surface area contributed by atoms with E-state index in [0.717, 1.165) is 5.82 Å². The predicted molar refractivity (Wildman–Crippen MR) is 68.1 cm³/mol. The van der Waals surface area contributed by atoms with Crippen LogP contribution in [0.5, 0.6) is 0 Å². The maximum Gasteiger partial charge on any atom is 0.253 e. The van der Waals surface area contributed by atoms with Crippen LogP contribution in [0.2, 0.25) is 0 Å². The van der Waals surface area contributed by atoms with Crippen molar-refractivity contribution in [1.82, 2.24) is 10.3 Å². The number of carbonyl (C=O) groups is 1. The van der Waals surface area contributed by atoms with Crippen LogP contribution in [0.3, 0.4) is 0 Å². The van der Waals surface area contributed by atoms with Crippen LogP contribution in [0, 0.1) is 5.92 Å². The van der Waals surface area contributed by atoms with Crippen molar-refractivity contribution in [3.05, 3.63) is 23.9 Å². The van der Waals surface area contributed by atoms with Gasteiger partial charge in [0.25, 0.3) is 5.91 Å². The molecule has 1 amide bonds. The Hall–Kier alpha value is -1.58. The van der Waals surface area contributed by atoms with E-state index in [9.17, 15) is 4.79 Å². The summed E-state index contributed by atoms with van der Waals surface area (Å²) in [5, 5.41) is 6.00. The molecule has 0 unspecified atom stereocenters. The molecule has 0 atom stereocenters. The lowest BCUT2D eigenvalue weighted by Crippen LogP contribution is -2.45. The first-order chi connectivity index (χ1) is 8.03. The summed E-state index contributed by atoms with van der Waals surface area (Å²) in [4.78, 5) is 16.2. The van der Waals surface area contributed by atoms with Crippen molar-refractivity contribution in [2.24, 2.45) is 5.92 Å². The lowest BCUT2D eigenvalue weighted by Gasteiger charge is -2.26. The van der Waals surface area contributed by atoms with Gasteiger partial charge in [0.15, 0.2) is 0 Å². The number of rotatable bonds is 4. The van der Waals surface area contributed by atoms with Crippen molar-refractivity contribution in [3.63, 3.8) is 0 Å². The van der Waals surface area contributed by atoms with E-state index in [4.69, 9.17) is 0 Å². The number of nitrogens with one attached hydrogen (secondary N) is 2. The zero-order valence-corrected chi connectivity index (χ0v) is 10.6. The van der Waals surface area contributed by atoms with Gasteiger partial charge in [0.05, 0.1) is 5.56 Å². The molecule has 4 heteroatoms. The molecule has 0 radical (unpaired) electrons. The number of nitrogens with zero attached hydrogens (tertiary/aromatic N) is 1. The fraction of sp³-hybridized carbons (Fsp3) is 0.538. The molecule has 17 heavy (non-hydrogen) atoms. The Labute approximate surface area is 102 Å². The highest BCUT2D eigenvalue weighted by Gasteiger charge is 2.38. The van der Waals surface area contributed by atoms with Crippen molar-refractivity contribution in [2.45, 2.75) is 32.2 Å². The second kappa shape index (κ2) is 4.35. The van der Waals surface area contributed by atoms with Gasteiger partial charge in [-0.25, -0.2) is 4.98 Å². The van der Waals surface area contributed by atoms with Crippen LogP contribution in [0.25, 0.3) is 0 Å². The Balaban J connectivity index is 2.03. The normalized spacial score (nSPS) is 15.5. The van der Waals surface area contributed by atoms with Crippen LogP contribution in [-0.2, 0) is 0 Å². The molecule has 0 bridgehead atoms. The summed E-state index contributed by atoms with van der Waals surface area (Å²) in [6, 6.07) is 3.59. The summed E-state index contributed by atoms with van der Waals surface area (Å²) in [6.45, 7) is 4.16. The number of hydrogen-bond acceptors (Lipinski definition) is 3. The molecule has 0 spiro atoms. The number of hydrogen-bond donors (Lipinski definition) is 2. The third kappa shape index (κ3) is 2.75. The van der Waals surface area contributed by atoms with Gasteiger partial charge in [0.2, 0.25) is 0 Å². The second-order valence-electron chi connectivity index (χ2n) is 5.13. The second-order valence-corrected chi connectivity index (χ2v) is 5.13. The first kappa shape index (κ1) is 11.9. The van der Waals surface area contributed by atoms with Crippen LogP contribution in [-0.4, -0.2) is 23.5 Å². The van der Waals surface area contributed by atoms with Gasteiger partial charge in [-0.15, -0.1) is 0 Å². The minimum atomic E-state index is -0.112. The van der Waals surface area contributed by atoms with Crippen molar-refractivity contribution in [1.29, 1.82) is 0 Å². The highest BCUT2D eigenvalue weighted by Crippen LogP contribution is 2.39. The van der Waals surface area contributed by atoms with E-state index in [0.29, 0.717) is 11.5 Å². The molecule has 2 rings (SSSR count). The lowest BCUT2D eigenvalue weighted by molar-refractivity contribution is 0.0903. The average molecular weight is 233 g/mol. The number of pyridine rings is 1. The van der Waals surface area contributed by atoms with Crippen molar-refractivity contribution in [2.75, 3.05) is 12.4 Å². The smallest absolute Gasteiger partial charge is 0.253 e. The van der Waals surface area contributed by atoms with E-state index >= 15 is 0 Å². The number of aromatic nitrogens is 1. The molecule has 0 aromatic carbocycles. The Kier molecular flexibility index (Phi) is 3.05. The monoisotopic (exact) mass is 233 g/mol. The fourth-order valence-corrected chi connectivity index (χ4v) is 1.95. The molecule has 1 fully saturated rings. The molecule has 0 aliphatic heterocycles. The van der Waals surface area contributed by atoms with Crippen LogP contribution in [0.15, 0.2) is 18.3 Å². The van der Waals surface area contributed by atoms with Gasteiger partial charge in [0, 0.05) is 18.8 Å². The third-order valence-electron chi connectivity index (χ3n) is 3.32. The summed E-state index contributed by atoms with van der Waals surface area (Å²) < 4.78 is 0. The molecule has 1 aromatic heterocycles. The van der Waals surface area contributed by atoms with E-state index < -0.39 is 0 Å². The minimum Gasteiger partial charge on any atom is -0.373 e. The summed E-state index contributed by atoms with van der Waals surface area (Å²) >= 11 is 0. The van der Waals surface area contributed by atoms with E-state index in [1.165, 1.54) is 12.8 Å². The van der Waals surface area contributed by atoms with Gasteiger partial charge in [0.1, 0.15) is 5.82 Å². The number of amides is 1. The first-order valence-electron chi connectivity index (χ1n) is 5.99. The van der Waals surface area contributed by atoms with Gasteiger partial charge in [-0.05, 0) is 44.7 Å². The first-order valence-corrected chi connectivity index (χ1v) is 5.99. The Morgan fingerprint density at radius 1 is 1.41 bits per heavy atom. The SMILES string of the molecule is CNc1ccc(C(=O)NC(C)(C)C2CC2)cn1. The van der Waals surface area contributed by atoms with Crippen molar-refractivity contribution in [3.8, 4) is 0 Å². The van der Waals surface area contributed by atoms with Gasteiger partial charge >= 0.3 is 0 Å². The quantitative estimate of drug-likeness (QED) is 0.836. The largest absolute Gasteiger partial charge is 0.373 e. The maximum atomic E-state index is 12.0. The Morgan fingerprint density at radius 3 is 2.59 bits per heavy atom. The lowest BCUT2D eigenvalue weighted by atomic mass is 9.98. The van der Waals surface area contributed by atoms with Crippen LogP contribution >= 0.6 is 0 Å². The molecule has 1 aliphatic carbocycles. The Bertz CT molecular complexity index is 407. The molecular formula is C13H19N3O. The minimum absolute atomic E-state index is 0.0444. The highest BCUT2D eigenvalue weighted by molar-refractivity contribution is 5.94. The number of anilines is 1. The average Bonchev–Trinajstić information content (AvgIpc) is 3.12. The molecule has 1 heterocycles. The summed E-state index contributed by atoms with van der Waals surface area (Å²) in [7, 11) is 1.80. The summed E-state index contributed by atoms with van der Waals surface area (Å²) in [5.41, 5.74) is 0.497. The van der Waals surface area contributed by atoms with E-state index in [1.54, 1.807) is 25.4 Å². The fourth-order valence-electron chi connectivity index (χ4n) is 1.95. The zero-order valence-electron chi connectivity index (χ0n) is 10.6. The summed E-state index contributed by atoms with van der Waals surface area (Å²) in [6.07, 6.45) is 4.03. The molecule has 2 N–H and O–H groups in total. The van der Waals surface area contributed by atoms with Gasteiger partial charge < -0.3 is 10.6 Å². The Morgan fingerprint density at radius 2 is 2.12 bits per heavy atom. The molecule has 1 aliphatic rings. The maximum absolute atomic E-state index is 12.0. The standard InChI is InChI=1S/C13H19N3O/c1-13(2,10-5-6-10)16-12(17)9-4-7-11(14-3)15-8-9/h4,7-8,10H,5-6H2,1-3H3,(H,14,15)(H,16,17). The molecule has 0 saturated heterocycles. The van der Waals surface area contributed by atoms with E-state index in [1.807, 2.05) is 0 Å². The molecule has 4 nitrogen and oxygen atoms in total. The van der Waals surface area contributed by atoms with E-state index in [2.05, 4.69) is 29.5 Å². The zero-order chi connectivity index (χ0) is 12.5. The molecular weight excluding hydrogens is 214 g/mol. The molecule has 1 saturated carbocycles. The highest BCUT2D eigenvalue weighted by atomic mass is 16.1. The van der Waals surface area contributed by atoms with Gasteiger partial charge in [-0.3, -0.25) is 4.79 Å². The van der Waals surface area contributed by atoms with Crippen molar-refractivity contribution >= 4 is 11.7 Å². The summed E-state index contributed by atoms with van der Waals surface area (Å²) in [5.74, 6) is 1.34. The van der Waals surface area contributed by atoms with E-state index in [-0.39, 0.29) is 11.4 Å². The van der Waals surface area contributed by atoms with Crippen molar-refractivity contribution < 1.29 is 4.79 Å². The van der Waals surface area contributed by atoms with Crippen LogP contribution in [0.1, 0.15) is 37.0 Å². The number of carbonyl (C=O) groups excluding carboxylic acids is 1.